The van der Waals surface area contributed by atoms with Crippen molar-refractivity contribution in [3.63, 3.8) is 0 Å². The van der Waals surface area contributed by atoms with Crippen LogP contribution in [0.25, 0.3) is 11.3 Å². The molecule has 0 spiro atoms. The molecule has 0 aliphatic heterocycles. The maximum absolute atomic E-state index is 12.0. The molecule has 2 amide bonds. The summed E-state index contributed by atoms with van der Waals surface area (Å²) < 4.78 is 6.72. The maximum Gasteiger partial charge on any atom is 0.407 e. The van der Waals surface area contributed by atoms with Gasteiger partial charge in [-0.1, -0.05) is 30.3 Å². The summed E-state index contributed by atoms with van der Waals surface area (Å²) in [6, 6.07) is 9.29. The number of hydrogen-bond acceptors (Lipinski definition) is 6. The average molecular weight is 380 g/mol. The van der Waals surface area contributed by atoms with Gasteiger partial charge in [0, 0.05) is 31.2 Å². The maximum atomic E-state index is 12.0. The van der Waals surface area contributed by atoms with E-state index in [0.717, 1.165) is 11.1 Å². The van der Waals surface area contributed by atoms with Crippen molar-refractivity contribution in [1.82, 2.24) is 30.4 Å². The number of nitrogens with one attached hydrogen (secondary N) is 2. The number of carbonyl (C=O) groups excluding carboxylic acids is 2. The second-order valence-corrected chi connectivity index (χ2v) is 5.95. The number of rotatable bonds is 7. The number of carbonyl (C=O) groups is 2. The van der Waals surface area contributed by atoms with Crippen LogP contribution in [0.2, 0.25) is 0 Å². The third-order valence-electron chi connectivity index (χ3n) is 3.81. The summed E-state index contributed by atoms with van der Waals surface area (Å²) in [6.07, 6.45) is 5.98. The largest absolute Gasteiger partial charge is 0.445 e. The van der Waals surface area contributed by atoms with Gasteiger partial charge in [-0.05, 0) is 5.56 Å². The van der Waals surface area contributed by atoms with E-state index in [1.54, 1.807) is 23.3 Å². The van der Waals surface area contributed by atoms with Gasteiger partial charge in [-0.2, -0.15) is 5.10 Å². The molecule has 3 aromatic rings. The van der Waals surface area contributed by atoms with Crippen LogP contribution in [-0.2, 0) is 29.7 Å². The SMILES string of the molecule is Cn1cc(-c2nccnc2CNC(=O)CNC(=O)OCc2ccccc2)cn1. The number of hydrogen-bond donors (Lipinski definition) is 2. The van der Waals surface area contributed by atoms with Crippen LogP contribution in [0.1, 0.15) is 11.3 Å². The predicted molar refractivity (Wildman–Crippen MR) is 101 cm³/mol. The summed E-state index contributed by atoms with van der Waals surface area (Å²) >= 11 is 0. The number of nitrogens with zero attached hydrogens (tertiary/aromatic N) is 4. The molecule has 2 aromatic heterocycles. The van der Waals surface area contributed by atoms with Gasteiger partial charge in [0.25, 0.3) is 0 Å². The number of aromatic nitrogens is 4. The molecule has 0 aliphatic carbocycles. The lowest BCUT2D eigenvalue weighted by Crippen LogP contribution is -2.37. The molecule has 144 valence electrons. The Morgan fingerprint density at radius 1 is 1.11 bits per heavy atom. The fourth-order valence-corrected chi connectivity index (χ4v) is 2.45. The number of ether oxygens (including phenoxy) is 1. The average Bonchev–Trinajstić information content (AvgIpc) is 3.16. The summed E-state index contributed by atoms with van der Waals surface area (Å²) in [4.78, 5) is 32.3. The summed E-state index contributed by atoms with van der Waals surface area (Å²) in [5.74, 6) is -0.362. The van der Waals surface area contributed by atoms with Crippen LogP contribution in [0.4, 0.5) is 4.79 Å². The monoisotopic (exact) mass is 380 g/mol. The van der Waals surface area contributed by atoms with Gasteiger partial charge in [-0.25, -0.2) is 4.79 Å². The van der Waals surface area contributed by atoms with Crippen molar-refractivity contribution in [2.75, 3.05) is 6.54 Å². The highest BCUT2D eigenvalue weighted by Crippen LogP contribution is 2.18. The molecule has 0 bridgehead atoms. The minimum absolute atomic E-state index is 0.141. The molecule has 0 radical (unpaired) electrons. The minimum Gasteiger partial charge on any atom is -0.445 e. The van der Waals surface area contributed by atoms with Gasteiger partial charge in [0.15, 0.2) is 0 Å². The summed E-state index contributed by atoms with van der Waals surface area (Å²) in [7, 11) is 1.81. The molecule has 0 fully saturated rings. The zero-order valence-corrected chi connectivity index (χ0v) is 15.3. The molecular formula is C19H20N6O3. The predicted octanol–water partition coefficient (Wildman–Crippen LogP) is 1.42. The summed E-state index contributed by atoms with van der Waals surface area (Å²) in [5, 5.41) is 9.24. The van der Waals surface area contributed by atoms with Crippen LogP contribution >= 0.6 is 0 Å². The van der Waals surface area contributed by atoms with E-state index in [1.165, 1.54) is 0 Å². The van der Waals surface area contributed by atoms with Crippen molar-refractivity contribution in [3.05, 3.63) is 66.4 Å². The fraction of sp³-hybridized carbons (Fsp3) is 0.211. The molecule has 0 aliphatic rings. The number of alkyl carbamates (subject to hydrolysis) is 1. The van der Waals surface area contributed by atoms with Crippen molar-refractivity contribution in [1.29, 1.82) is 0 Å². The van der Waals surface area contributed by atoms with Crippen LogP contribution < -0.4 is 10.6 Å². The van der Waals surface area contributed by atoms with Crippen LogP contribution in [0, 0.1) is 0 Å². The van der Waals surface area contributed by atoms with Crippen molar-refractivity contribution in [2.45, 2.75) is 13.2 Å². The second kappa shape index (κ2) is 9.26. The molecule has 9 heteroatoms. The Balaban J connectivity index is 1.45. The molecule has 1 aromatic carbocycles. The van der Waals surface area contributed by atoms with Crippen molar-refractivity contribution in [2.24, 2.45) is 7.05 Å². The molecule has 0 atom stereocenters. The lowest BCUT2D eigenvalue weighted by molar-refractivity contribution is -0.120. The quantitative estimate of drug-likeness (QED) is 0.641. The van der Waals surface area contributed by atoms with Crippen LogP contribution in [0.3, 0.4) is 0 Å². The van der Waals surface area contributed by atoms with Gasteiger partial charge in [-0.15, -0.1) is 0 Å². The fourth-order valence-electron chi connectivity index (χ4n) is 2.45. The van der Waals surface area contributed by atoms with Crippen LogP contribution in [0.15, 0.2) is 55.1 Å². The van der Waals surface area contributed by atoms with E-state index < -0.39 is 6.09 Å². The van der Waals surface area contributed by atoms with Gasteiger partial charge < -0.3 is 15.4 Å². The van der Waals surface area contributed by atoms with Gasteiger partial charge in [0.1, 0.15) is 13.2 Å². The molecule has 28 heavy (non-hydrogen) atoms. The first kappa shape index (κ1) is 19.0. The Hall–Kier alpha value is -3.75. The summed E-state index contributed by atoms with van der Waals surface area (Å²) in [5.41, 5.74) is 2.93. The number of benzene rings is 1. The first-order valence-corrected chi connectivity index (χ1v) is 8.62. The topological polar surface area (TPSA) is 111 Å². The Morgan fingerprint density at radius 3 is 2.64 bits per heavy atom. The Labute approximate surface area is 161 Å². The first-order valence-electron chi connectivity index (χ1n) is 8.62. The lowest BCUT2D eigenvalue weighted by Gasteiger charge is -2.09. The molecule has 2 heterocycles. The molecule has 3 rings (SSSR count). The zero-order valence-electron chi connectivity index (χ0n) is 15.3. The highest BCUT2D eigenvalue weighted by atomic mass is 16.5. The standard InChI is InChI=1S/C19H20N6O3/c1-25-12-15(9-24-25)18-16(20-7-8-21-18)10-22-17(26)11-23-19(27)28-13-14-5-3-2-4-6-14/h2-9,12H,10-11,13H2,1H3,(H,22,26)(H,23,27). The molecule has 0 saturated carbocycles. The second-order valence-electron chi connectivity index (χ2n) is 5.95. The van der Waals surface area contributed by atoms with E-state index >= 15 is 0 Å². The third kappa shape index (κ3) is 5.37. The normalized spacial score (nSPS) is 10.3. The van der Waals surface area contributed by atoms with Crippen molar-refractivity contribution >= 4 is 12.0 Å². The Morgan fingerprint density at radius 2 is 1.89 bits per heavy atom. The number of amides is 2. The van der Waals surface area contributed by atoms with E-state index in [1.807, 2.05) is 43.6 Å². The van der Waals surface area contributed by atoms with Gasteiger partial charge in [-0.3, -0.25) is 19.4 Å². The van der Waals surface area contributed by atoms with E-state index in [-0.39, 0.29) is 25.6 Å². The van der Waals surface area contributed by atoms with E-state index in [9.17, 15) is 9.59 Å². The van der Waals surface area contributed by atoms with Crippen LogP contribution in [-0.4, -0.2) is 38.3 Å². The smallest absolute Gasteiger partial charge is 0.407 e. The van der Waals surface area contributed by atoms with Gasteiger partial charge in [0.05, 0.1) is 24.1 Å². The van der Waals surface area contributed by atoms with Crippen LogP contribution in [0.5, 0.6) is 0 Å². The molecule has 0 unspecified atom stereocenters. The van der Waals surface area contributed by atoms with Gasteiger partial charge in [0.2, 0.25) is 5.91 Å². The Bertz CT molecular complexity index is 942. The number of aryl methyl sites for hydroxylation is 1. The molecule has 9 nitrogen and oxygen atoms in total. The first-order chi connectivity index (χ1) is 13.6. The molecule has 2 N–H and O–H groups in total. The third-order valence-corrected chi connectivity index (χ3v) is 3.81. The van der Waals surface area contributed by atoms with Crippen molar-refractivity contribution in [3.8, 4) is 11.3 Å². The highest BCUT2D eigenvalue weighted by Gasteiger charge is 2.12. The van der Waals surface area contributed by atoms with Crippen molar-refractivity contribution < 1.29 is 14.3 Å². The lowest BCUT2D eigenvalue weighted by atomic mass is 10.2. The minimum atomic E-state index is -0.658. The molecular weight excluding hydrogens is 360 g/mol. The van der Waals surface area contributed by atoms with E-state index in [2.05, 4.69) is 25.7 Å². The molecule has 0 saturated heterocycles. The van der Waals surface area contributed by atoms with E-state index in [4.69, 9.17) is 4.74 Å². The van der Waals surface area contributed by atoms with Gasteiger partial charge >= 0.3 is 6.09 Å². The zero-order chi connectivity index (χ0) is 19.8. The Kier molecular flexibility index (Phi) is 6.29. The summed E-state index contributed by atoms with van der Waals surface area (Å²) in [6.45, 7) is 0.121. The highest BCUT2D eigenvalue weighted by molar-refractivity contribution is 5.82. The van der Waals surface area contributed by atoms with E-state index in [0.29, 0.717) is 11.4 Å².